The number of nitrogens with one attached hydrogen (secondary N) is 2. The van der Waals surface area contributed by atoms with Gasteiger partial charge in [0.2, 0.25) is 5.91 Å². The molecule has 1 amide bonds. The molecular weight excluding hydrogens is 328 g/mol. The summed E-state index contributed by atoms with van der Waals surface area (Å²) in [7, 11) is 1.67. The van der Waals surface area contributed by atoms with E-state index < -0.39 is 0 Å². The number of carbonyl (C=O) groups is 1. The smallest absolute Gasteiger partial charge is 0.224 e. The number of amides is 1. The standard InChI is InChI=1S/C20H32N4O2/c1-4-21-20(23-14-17-9-5-6-10-18(17)26-3)22-12-11-19(25)24-13-7-8-16(2)15-24/h5-6,9-10,16H,4,7-8,11-15H2,1-3H3,(H2,21,22,23). The van der Waals surface area contributed by atoms with Crippen molar-refractivity contribution in [2.45, 2.75) is 39.7 Å². The Morgan fingerprint density at radius 3 is 2.88 bits per heavy atom. The first-order valence-corrected chi connectivity index (χ1v) is 9.55. The highest BCUT2D eigenvalue weighted by molar-refractivity contribution is 5.81. The number of carbonyl (C=O) groups excluding carboxylic acids is 1. The maximum absolute atomic E-state index is 12.4. The van der Waals surface area contributed by atoms with Gasteiger partial charge in [-0.1, -0.05) is 25.1 Å². The van der Waals surface area contributed by atoms with Crippen LogP contribution in [0.2, 0.25) is 0 Å². The van der Waals surface area contributed by atoms with Crippen molar-refractivity contribution in [1.82, 2.24) is 15.5 Å². The number of ether oxygens (including phenoxy) is 1. The molecule has 0 spiro atoms. The van der Waals surface area contributed by atoms with E-state index in [1.54, 1.807) is 7.11 Å². The van der Waals surface area contributed by atoms with Crippen LogP contribution in [0.1, 0.15) is 38.7 Å². The van der Waals surface area contributed by atoms with Crippen LogP contribution in [0.4, 0.5) is 0 Å². The molecule has 1 aliphatic rings. The number of piperidine rings is 1. The van der Waals surface area contributed by atoms with Crippen molar-refractivity contribution in [3.8, 4) is 5.75 Å². The molecule has 0 saturated carbocycles. The fourth-order valence-corrected chi connectivity index (χ4v) is 3.20. The van der Waals surface area contributed by atoms with E-state index in [1.165, 1.54) is 6.42 Å². The number of hydrogen-bond acceptors (Lipinski definition) is 3. The minimum absolute atomic E-state index is 0.227. The van der Waals surface area contributed by atoms with E-state index in [9.17, 15) is 4.79 Å². The zero-order valence-electron chi connectivity index (χ0n) is 16.3. The van der Waals surface area contributed by atoms with Crippen molar-refractivity contribution in [2.24, 2.45) is 10.9 Å². The van der Waals surface area contributed by atoms with Gasteiger partial charge in [0.15, 0.2) is 5.96 Å². The van der Waals surface area contributed by atoms with Crippen LogP contribution >= 0.6 is 0 Å². The molecule has 0 aromatic heterocycles. The van der Waals surface area contributed by atoms with Crippen LogP contribution in [-0.4, -0.2) is 50.1 Å². The third-order valence-corrected chi connectivity index (χ3v) is 4.59. The fourth-order valence-electron chi connectivity index (χ4n) is 3.20. The lowest BCUT2D eigenvalue weighted by Gasteiger charge is -2.31. The summed E-state index contributed by atoms with van der Waals surface area (Å²) in [5, 5.41) is 6.48. The van der Waals surface area contributed by atoms with Crippen LogP contribution in [0, 0.1) is 5.92 Å². The molecule has 1 unspecified atom stereocenters. The number of likely N-dealkylation sites (tertiary alicyclic amines) is 1. The highest BCUT2D eigenvalue weighted by Gasteiger charge is 2.20. The van der Waals surface area contributed by atoms with E-state index in [2.05, 4.69) is 22.5 Å². The summed E-state index contributed by atoms with van der Waals surface area (Å²) in [6, 6.07) is 7.87. The van der Waals surface area contributed by atoms with Crippen LogP contribution in [0.5, 0.6) is 5.75 Å². The molecule has 6 heteroatoms. The fraction of sp³-hybridized carbons (Fsp3) is 0.600. The molecule has 1 saturated heterocycles. The average molecular weight is 361 g/mol. The maximum atomic E-state index is 12.4. The van der Waals surface area contributed by atoms with Gasteiger partial charge in [0.25, 0.3) is 0 Å². The van der Waals surface area contributed by atoms with Gasteiger partial charge >= 0.3 is 0 Å². The Hall–Kier alpha value is -2.24. The Morgan fingerprint density at radius 2 is 2.15 bits per heavy atom. The Balaban J connectivity index is 1.84. The lowest BCUT2D eigenvalue weighted by Crippen LogP contribution is -2.42. The molecule has 1 aromatic rings. The summed E-state index contributed by atoms with van der Waals surface area (Å²) in [6.07, 6.45) is 2.83. The largest absolute Gasteiger partial charge is 0.496 e. The second-order valence-electron chi connectivity index (χ2n) is 6.77. The summed E-state index contributed by atoms with van der Waals surface area (Å²) < 4.78 is 5.37. The maximum Gasteiger partial charge on any atom is 0.224 e. The monoisotopic (exact) mass is 360 g/mol. The highest BCUT2D eigenvalue weighted by atomic mass is 16.5. The van der Waals surface area contributed by atoms with Gasteiger partial charge in [-0.2, -0.15) is 0 Å². The van der Waals surface area contributed by atoms with E-state index in [1.807, 2.05) is 36.1 Å². The Labute approximate surface area is 157 Å². The van der Waals surface area contributed by atoms with Crippen molar-refractivity contribution in [1.29, 1.82) is 0 Å². The van der Waals surface area contributed by atoms with E-state index in [0.717, 1.165) is 43.3 Å². The van der Waals surface area contributed by atoms with Gasteiger partial charge in [-0.15, -0.1) is 0 Å². The first kappa shape index (κ1) is 20.1. The predicted molar refractivity (Wildman–Crippen MR) is 105 cm³/mol. The van der Waals surface area contributed by atoms with E-state index >= 15 is 0 Å². The van der Waals surface area contributed by atoms with Crippen LogP contribution in [0.25, 0.3) is 0 Å². The minimum Gasteiger partial charge on any atom is -0.496 e. The molecule has 2 N–H and O–H groups in total. The quantitative estimate of drug-likeness (QED) is 0.579. The molecule has 1 fully saturated rings. The number of benzene rings is 1. The van der Waals surface area contributed by atoms with Gasteiger partial charge < -0.3 is 20.3 Å². The number of rotatable bonds is 7. The zero-order chi connectivity index (χ0) is 18.8. The molecule has 0 radical (unpaired) electrons. The van der Waals surface area contributed by atoms with Gasteiger partial charge in [0.1, 0.15) is 5.75 Å². The summed E-state index contributed by atoms with van der Waals surface area (Å²) in [5.41, 5.74) is 1.03. The molecular formula is C20H32N4O2. The van der Waals surface area contributed by atoms with Crippen LogP contribution in [0.15, 0.2) is 29.3 Å². The molecule has 1 aromatic carbocycles. The number of hydrogen-bond donors (Lipinski definition) is 2. The van der Waals surface area contributed by atoms with Gasteiger partial charge in [-0.25, -0.2) is 4.99 Å². The Bertz CT molecular complexity index is 603. The summed E-state index contributed by atoms with van der Waals surface area (Å²) in [6.45, 7) is 7.91. The number of aliphatic imine (C=N–C) groups is 1. The predicted octanol–water partition coefficient (Wildman–Crippen LogP) is 2.40. The number of guanidine groups is 1. The van der Waals surface area contributed by atoms with Crippen molar-refractivity contribution >= 4 is 11.9 Å². The molecule has 1 aliphatic heterocycles. The number of para-hydroxylation sites is 1. The Morgan fingerprint density at radius 1 is 1.35 bits per heavy atom. The van der Waals surface area contributed by atoms with Gasteiger partial charge in [-0.05, 0) is 31.7 Å². The van der Waals surface area contributed by atoms with Gasteiger partial charge in [-0.3, -0.25) is 4.79 Å². The molecule has 2 rings (SSSR count). The van der Waals surface area contributed by atoms with Crippen LogP contribution in [0.3, 0.4) is 0 Å². The van der Waals surface area contributed by atoms with Crippen LogP contribution < -0.4 is 15.4 Å². The third kappa shape index (κ3) is 6.24. The highest BCUT2D eigenvalue weighted by Crippen LogP contribution is 2.18. The SMILES string of the molecule is CCNC(=NCc1ccccc1OC)NCCC(=O)N1CCCC(C)C1. The van der Waals surface area contributed by atoms with Gasteiger partial charge in [0, 0.05) is 38.2 Å². The van der Waals surface area contributed by atoms with Crippen molar-refractivity contribution in [2.75, 3.05) is 33.3 Å². The first-order chi connectivity index (χ1) is 12.6. The minimum atomic E-state index is 0.227. The topological polar surface area (TPSA) is 66.0 Å². The van der Waals surface area contributed by atoms with Crippen molar-refractivity contribution in [3.05, 3.63) is 29.8 Å². The lowest BCUT2D eigenvalue weighted by atomic mass is 10.00. The Kier molecular flexibility index (Phi) is 8.25. The third-order valence-electron chi connectivity index (χ3n) is 4.59. The summed E-state index contributed by atoms with van der Waals surface area (Å²) in [5.74, 6) is 2.39. The second kappa shape index (κ2) is 10.7. The van der Waals surface area contributed by atoms with Crippen molar-refractivity contribution < 1.29 is 9.53 Å². The number of methoxy groups -OCH3 is 1. The van der Waals surface area contributed by atoms with Gasteiger partial charge in [0.05, 0.1) is 13.7 Å². The van der Waals surface area contributed by atoms with E-state index in [-0.39, 0.29) is 5.91 Å². The summed E-state index contributed by atoms with van der Waals surface area (Å²) in [4.78, 5) is 19.0. The average Bonchev–Trinajstić information content (AvgIpc) is 2.66. The molecule has 26 heavy (non-hydrogen) atoms. The van der Waals surface area contributed by atoms with E-state index in [4.69, 9.17) is 4.74 Å². The molecule has 6 nitrogen and oxygen atoms in total. The normalized spacial score (nSPS) is 17.7. The number of nitrogens with zero attached hydrogens (tertiary/aromatic N) is 2. The first-order valence-electron chi connectivity index (χ1n) is 9.55. The molecule has 0 bridgehead atoms. The van der Waals surface area contributed by atoms with Crippen LogP contribution in [-0.2, 0) is 11.3 Å². The molecule has 1 heterocycles. The molecule has 1 atom stereocenters. The second-order valence-corrected chi connectivity index (χ2v) is 6.77. The van der Waals surface area contributed by atoms with E-state index in [0.29, 0.717) is 25.4 Å². The zero-order valence-corrected chi connectivity index (χ0v) is 16.3. The lowest BCUT2D eigenvalue weighted by molar-refractivity contribution is -0.132. The molecule has 144 valence electrons. The van der Waals surface area contributed by atoms with Crippen molar-refractivity contribution in [3.63, 3.8) is 0 Å². The summed E-state index contributed by atoms with van der Waals surface area (Å²) >= 11 is 0. The molecule has 0 aliphatic carbocycles.